The zero-order valence-electron chi connectivity index (χ0n) is 18.2. The van der Waals surface area contributed by atoms with Crippen molar-refractivity contribution >= 4 is 67.3 Å². The molecule has 0 saturated heterocycles. The summed E-state index contributed by atoms with van der Waals surface area (Å²) in [6.45, 7) is 3.78. The molecule has 176 valence electrons. The molecule has 1 heterocycles. The number of aryl methyl sites for hydroxylation is 2. The molecule has 11 heteroatoms. The average Bonchev–Trinajstić information content (AvgIpc) is 3.02. The van der Waals surface area contributed by atoms with Crippen molar-refractivity contribution in [3.8, 4) is 5.75 Å². The Balaban J connectivity index is 0.00000385. The highest BCUT2D eigenvalue weighted by Gasteiger charge is 2.30. The third-order valence-corrected chi connectivity index (χ3v) is 6.26. The molecule has 0 atom stereocenters. The topological polar surface area (TPSA) is 130 Å². The van der Waals surface area contributed by atoms with Crippen LogP contribution in [0, 0.1) is 12.3 Å². The van der Waals surface area contributed by atoms with E-state index in [9.17, 15) is 14.1 Å². The Morgan fingerprint density at radius 3 is 2.52 bits per heavy atom. The van der Waals surface area contributed by atoms with Gasteiger partial charge in [-0.15, -0.1) is 12.4 Å². The summed E-state index contributed by atoms with van der Waals surface area (Å²) >= 11 is 3.64. The van der Waals surface area contributed by atoms with Crippen molar-refractivity contribution in [3.63, 3.8) is 0 Å². The first kappa shape index (κ1) is 26.4. The summed E-state index contributed by atoms with van der Waals surface area (Å²) in [7, 11) is 1.75. The second-order valence-corrected chi connectivity index (χ2v) is 8.56. The van der Waals surface area contributed by atoms with Gasteiger partial charge in [0.15, 0.2) is 5.96 Å². The minimum atomic E-state index is -0.613. The number of esters is 1. The van der Waals surface area contributed by atoms with Crippen LogP contribution in [-0.2, 0) is 29.6 Å². The van der Waals surface area contributed by atoms with E-state index >= 15 is 0 Å². The van der Waals surface area contributed by atoms with Crippen molar-refractivity contribution in [2.24, 2.45) is 12.8 Å². The first-order valence-electron chi connectivity index (χ1n) is 9.73. The summed E-state index contributed by atoms with van der Waals surface area (Å²) < 4.78 is 19.8. The van der Waals surface area contributed by atoms with E-state index < -0.39 is 5.97 Å². The smallest absolute Gasteiger partial charge is 0.341 e. The highest BCUT2D eigenvalue weighted by atomic mass is 79.9. The van der Waals surface area contributed by atoms with E-state index in [4.69, 9.17) is 15.9 Å². The Morgan fingerprint density at radius 1 is 1.33 bits per heavy atom. The fraction of sp³-hybridized carbons (Fsp3) is 0.227. The number of aromatic nitrogens is 1. The van der Waals surface area contributed by atoms with E-state index in [2.05, 4.69) is 21.2 Å². The molecule has 5 N–H and O–H groups in total. The molecule has 0 bridgehead atoms. The molecule has 0 fully saturated rings. The van der Waals surface area contributed by atoms with Gasteiger partial charge in [0.1, 0.15) is 5.75 Å². The van der Waals surface area contributed by atoms with E-state index in [1.165, 1.54) is 0 Å². The van der Waals surface area contributed by atoms with E-state index in [-0.39, 0.29) is 54.1 Å². The lowest BCUT2D eigenvalue weighted by molar-refractivity contribution is 0.0528. The lowest BCUT2D eigenvalue weighted by atomic mass is 10.00. The van der Waals surface area contributed by atoms with Gasteiger partial charge >= 0.3 is 5.97 Å². The standard InChI is InChI=1S/C22H23BrN4O4S.ClH/c1-4-31-21(29)17-16-13(10-26-22(24)25)19(28)14(23)9-15(16)27(3)18(17)20(32-30)12-7-5-11(2)6-8-12;/h5-9,28H,4,10H2,1-3H3,(H4,24,25,26);1H. The van der Waals surface area contributed by atoms with Gasteiger partial charge in [0.2, 0.25) is 0 Å². The van der Waals surface area contributed by atoms with Crippen LogP contribution in [0.4, 0.5) is 0 Å². The molecule has 8 nitrogen and oxygen atoms in total. The number of nitrogens with zero attached hydrogens (tertiary/aromatic N) is 1. The van der Waals surface area contributed by atoms with Gasteiger partial charge in [-0.1, -0.05) is 29.8 Å². The second-order valence-electron chi connectivity index (χ2n) is 7.13. The molecule has 3 rings (SSSR count). The monoisotopic (exact) mass is 554 g/mol. The van der Waals surface area contributed by atoms with Crippen LogP contribution in [0.5, 0.6) is 5.75 Å². The number of phenolic OH excluding ortho intramolecular Hbond substituents is 1. The minimum absolute atomic E-state index is 0. The lowest BCUT2D eigenvalue weighted by Gasteiger charge is -2.12. The molecule has 2 aromatic carbocycles. The van der Waals surface area contributed by atoms with Crippen molar-refractivity contribution in [2.75, 3.05) is 6.61 Å². The number of hydrogen-bond acceptors (Lipinski definition) is 5. The number of benzene rings is 2. The molecule has 1 aromatic heterocycles. The summed E-state index contributed by atoms with van der Waals surface area (Å²) in [5.74, 6) is -0.994. The second kappa shape index (κ2) is 10.9. The van der Waals surface area contributed by atoms with Crippen LogP contribution in [-0.4, -0.2) is 37.3 Å². The van der Waals surface area contributed by atoms with Crippen LogP contribution < -0.4 is 11.1 Å². The minimum Gasteiger partial charge on any atom is -0.506 e. The van der Waals surface area contributed by atoms with Crippen molar-refractivity contribution in [1.82, 2.24) is 9.88 Å². The molecule has 0 aliphatic carbocycles. The third kappa shape index (κ3) is 5.07. The van der Waals surface area contributed by atoms with Gasteiger partial charge in [0, 0.05) is 24.5 Å². The fourth-order valence-corrected chi connectivity index (χ4v) is 4.59. The summed E-state index contributed by atoms with van der Waals surface area (Å²) in [6, 6.07) is 9.11. The van der Waals surface area contributed by atoms with Gasteiger partial charge in [-0.25, -0.2) is 9.00 Å². The van der Waals surface area contributed by atoms with Crippen molar-refractivity contribution in [2.45, 2.75) is 20.4 Å². The van der Waals surface area contributed by atoms with E-state index in [0.29, 0.717) is 37.1 Å². The molecule has 3 aromatic rings. The summed E-state index contributed by atoms with van der Waals surface area (Å²) in [6.07, 6.45) is 0. The molecular weight excluding hydrogens is 532 g/mol. The number of aromatic hydroxyl groups is 1. The third-order valence-electron chi connectivity index (χ3n) is 5.06. The van der Waals surface area contributed by atoms with Gasteiger partial charge in [-0.3, -0.25) is 5.41 Å². The molecule has 0 spiro atoms. The summed E-state index contributed by atoms with van der Waals surface area (Å²) in [5, 5.41) is 21.3. The normalized spacial score (nSPS) is 10.4. The van der Waals surface area contributed by atoms with Gasteiger partial charge in [-0.05, 0) is 41.4 Å². The fourth-order valence-electron chi connectivity index (χ4n) is 3.58. The Hall–Kier alpha value is -2.82. The molecule has 0 aliphatic heterocycles. The molecule has 0 unspecified atom stereocenters. The SMILES string of the molecule is CCOC(=O)c1c(C(=S=O)c2ccc(C)cc2)n(C)c2cc(Br)c(O)c(CNC(=N)N)c12.Cl. The number of hydrogen-bond donors (Lipinski definition) is 4. The van der Waals surface area contributed by atoms with E-state index in [0.717, 1.165) is 5.56 Å². The van der Waals surface area contributed by atoms with Gasteiger partial charge in [-0.2, -0.15) is 0 Å². The maximum absolute atomic E-state index is 13.1. The number of fused-ring (bicyclic) bond motifs is 1. The Morgan fingerprint density at radius 2 is 1.97 bits per heavy atom. The Bertz CT molecular complexity index is 1280. The number of ether oxygens (including phenoxy) is 1. The summed E-state index contributed by atoms with van der Waals surface area (Å²) in [4.78, 5) is 13.5. The molecular formula is C22H24BrClN4O4S. The molecule has 33 heavy (non-hydrogen) atoms. The maximum Gasteiger partial charge on any atom is 0.341 e. The van der Waals surface area contributed by atoms with Crippen molar-refractivity contribution < 1.29 is 18.8 Å². The predicted octanol–water partition coefficient (Wildman–Crippen LogP) is 3.32. The number of phenols is 1. The van der Waals surface area contributed by atoms with Gasteiger partial charge < -0.3 is 25.5 Å². The Labute approximate surface area is 209 Å². The maximum atomic E-state index is 13.1. The number of halogens is 2. The van der Waals surface area contributed by atoms with E-state index in [1.807, 2.05) is 31.2 Å². The zero-order chi connectivity index (χ0) is 23.6. The number of guanidine groups is 1. The van der Waals surface area contributed by atoms with Crippen LogP contribution in [0.1, 0.15) is 39.7 Å². The van der Waals surface area contributed by atoms with Crippen LogP contribution >= 0.6 is 28.3 Å². The highest BCUT2D eigenvalue weighted by Crippen LogP contribution is 2.39. The van der Waals surface area contributed by atoms with Gasteiger partial charge in [0.25, 0.3) is 0 Å². The number of carbonyl (C=O) groups is 1. The lowest BCUT2D eigenvalue weighted by Crippen LogP contribution is -2.29. The zero-order valence-corrected chi connectivity index (χ0v) is 21.4. The molecule has 0 radical (unpaired) electrons. The van der Waals surface area contributed by atoms with Crippen molar-refractivity contribution in [1.29, 1.82) is 5.41 Å². The predicted molar refractivity (Wildman–Crippen MR) is 137 cm³/mol. The number of nitrogens with two attached hydrogens (primary N) is 1. The molecule has 0 amide bonds. The largest absolute Gasteiger partial charge is 0.506 e. The van der Waals surface area contributed by atoms with E-state index in [1.54, 1.807) is 24.6 Å². The average molecular weight is 556 g/mol. The highest BCUT2D eigenvalue weighted by molar-refractivity contribution is 9.10. The molecule has 0 saturated carbocycles. The van der Waals surface area contributed by atoms with Crippen LogP contribution in [0.25, 0.3) is 10.9 Å². The first-order valence-corrected chi connectivity index (χ1v) is 11.3. The quantitative estimate of drug-likeness (QED) is 0.121. The number of rotatable bonds is 6. The van der Waals surface area contributed by atoms with Crippen LogP contribution in [0.15, 0.2) is 34.8 Å². The van der Waals surface area contributed by atoms with Gasteiger partial charge in [0.05, 0.1) is 44.0 Å². The number of nitrogens with one attached hydrogen (secondary N) is 2. The molecule has 0 aliphatic rings. The summed E-state index contributed by atoms with van der Waals surface area (Å²) in [5.41, 5.74) is 8.67. The van der Waals surface area contributed by atoms with Crippen molar-refractivity contribution in [3.05, 3.63) is 62.8 Å². The Kier molecular flexibility index (Phi) is 8.70. The first-order chi connectivity index (χ1) is 15.2. The van der Waals surface area contributed by atoms with Crippen LogP contribution in [0.2, 0.25) is 0 Å². The number of carbonyl (C=O) groups excluding carboxylic acids is 1. The van der Waals surface area contributed by atoms with Crippen LogP contribution in [0.3, 0.4) is 0 Å².